The van der Waals surface area contributed by atoms with Crippen LogP contribution in [-0.4, -0.2) is 54.5 Å². The fraction of sp³-hybridized carbons (Fsp3) is 0.417. The number of nitrogens with zero attached hydrogens (tertiary/aromatic N) is 3. The first-order valence-corrected chi connectivity index (χ1v) is 8.50. The Hall–Kier alpha value is -2.60. The topological polar surface area (TPSA) is 150 Å². The maximum Gasteiger partial charge on any atom is 0.277 e. The SMILES string of the molecule is CS(=O)(=O)OC1CCN(C(=O)c2cc([N+](=O)[O-])cc([N+](=O)[O-])c2)C1. The third-order valence-corrected chi connectivity index (χ3v) is 3.94. The number of rotatable bonds is 5. The summed E-state index contributed by atoms with van der Waals surface area (Å²) in [5.74, 6) is -0.665. The Balaban J connectivity index is 2.24. The molecule has 0 bridgehead atoms. The van der Waals surface area contributed by atoms with Crippen molar-refractivity contribution in [2.24, 2.45) is 0 Å². The number of benzene rings is 1. The van der Waals surface area contributed by atoms with Gasteiger partial charge in [0.15, 0.2) is 0 Å². The van der Waals surface area contributed by atoms with Crippen LogP contribution in [0, 0.1) is 20.2 Å². The van der Waals surface area contributed by atoms with Gasteiger partial charge in [0.05, 0.1) is 33.8 Å². The summed E-state index contributed by atoms with van der Waals surface area (Å²) in [6, 6.07) is 2.65. The van der Waals surface area contributed by atoms with E-state index in [1.807, 2.05) is 0 Å². The van der Waals surface area contributed by atoms with E-state index in [0.29, 0.717) is 0 Å². The second kappa shape index (κ2) is 6.49. The summed E-state index contributed by atoms with van der Waals surface area (Å²) in [6.07, 6.45) is 0.453. The van der Waals surface area contributed by atoms with Gasteiger partial charge in [0.2, 0.25) is 0 Å². The molecule has 0 spiro atoms. The van der Waals surface area contributed by atoms with Gasteiger partial charge in [-0.05, 0) is 6.42 Å². The molecule has 1 saturated heterocycles. The number of carbonyl (C=O) groups is 1. The maximum atomic E-state index is 12.4. The van der Waals surface area contributed by atoms with Crippen molar-refractivity contribution in [3.63, 3.8) is 0 Å². The Labute approximate surface area is 136 Å². The molecule has 1 atom stereocenters. The van der Waals surface area contributed by atoms with Crippen LogP contribution in [0.5, 0.6) is 0 Å². The number of nitro groups is 2. The minimum absolute atomic E-state index is 0.0254. The third kappa shape index (κ3) is 4.23. The van der Waals surface area contributed by atoms with Crippen molar-refractivity contribution in [3.8, 4) is 0 Å². The predicted octanol–water partition coefficient (Wildman–Crippen LogP) is 0.694. The predicted molar refractivity (Wildman–Crippen MR) is 80.0 cm³/mol. The fourth-order valence-corrected chi connectivity index (χ4v) is 3.00. The van der Waals surface area contributed by atoms with Crippen molar-refractivity contribution in [2.75, 3.05) is 19.3 Å². The lowest BCUT2D eigenvalue weighted by Crippen LogP contribution is -2.30. The summed E-state index contributed by atoms with van der Waals surface area (Å²) >= 11 is 0. The summed E-state index contributed by atoms with van der Waals surface area (Å²) in [7, 11) is -3.67. The Kier molecular flexibility index (Phi) is 4.80. The third-order valence-electron chi connectivity index (χ3n) is 3.31. The van der Waals surface area contributed by atoms with Gasteiger partial charge in [-0.25, -0.2) is 0 Å². The van der Waals surface area contributed by atoms with Crippen LogP contribution < -0.4 is 0 Å². The molecular weight excluding hydrogens is 346 g/mol. The lowest BCUT2D eigenvalue weighted by molar-refractivity contribution is -0.394. The Bertz CT molecular complexity index is 774. The first-order valence-electron chi connectivity index (χ1n) is 6.68. The van der Waals surface area contributed by atoms with E-state index >= 15 is 0 Å². The smallest absolute Gasteiger partial charge is 0.277 e. The molecule has 2 rings (SSSR count). The summed E-state index contributed by atoms with van der Waals surface area (Å²) in [4.78, 5) is 33.7. The van der Waals surface area contributed by atoms with Gasteiger partial charge >= 0.3 is 0 Å². The minimum Gasteiger partial charge on any atom is -0.336 e. The molecule has 1 amide bonds. The highest BCUT2D eigenvalue weighted by atomic mass is 32.2. The van der Waals surface area contributed by atoms with Crippen LogP contribution in [0.25, 0.3) is 0 Å². The summed E-state index contributed by atoms with van der Waals surface area (Å²) in [5, 5.41) is 21.7. The van der Waals surface area contributed by atoms with Gasteiger partial charge in [-0.15, -0.1) is 0 Å². The standard InChI is InChI=1S/C12H13N3O8S/c1-24(21,22)23-11-2-3-13(7-11)12(16)8-4-9(14(17)18)6-10(5-8)15(19)20/h4-6,11H,2-3,7H2,1H3. The molecule has 1 heterocycles. The monoisotopic (exact) mass is 359 g/mol. The van der Waals surface area contributed by atoms with Crippen molar-refractivity contribution in [1.29, 1.82) is 0 Å². The van der Waals surface area contributed by atoms with Crippen LogP contribution in [-0.2, 0) is 14.3 Å². The van der Waals surface area contributed by atoms with Gasteiger partial charge in [-0.1, -0.05) is 0 Å². The van der Waals surface area contributed by atoms with Crippen molar-refractivity contribution < 1.29 is 27.2 Å². The second-order valence-corrected chi connectivity index (χ2v) is 6.82. The molecule has 0 saturated carbocycles. The van der Waals surface area contributed by atoms with E-state index in [0.717, 1.165) is 24.5 Å². The number of nitro benzene ring substituents is 2. The lowest BCUT2D eigenvalue weighted by atomic mass is 10.1. The molecule has 0 N–H and O–H groups in total. The van der Waals surface area contributed by atoms with Crippen LogP contribution in [0.1, 0.15) is 16.8 Å². The van der Waals surface area contributed by atoms with Crippen molar-refractivity contribution >= 4 is 27.4 Å². The van der Waals surface area contributed by atoms with Gasteiger partial charge in [-0.3, -0.25) is 29.2 Å². The molecular formula is C12H13N3O8S. The average Bonchev–Trinajstić information content (AvgIpc) is 2.92. The summed E-state index contributed by atoms with van der Waals surface area (Å²) in [5.41, 5.74) is -1.36. The highest BCUT2D eigenvalue weighted by Gasteiger charge is 2.31. The van der Waals surface area contributed by atoms with Crippen LogP contribution in [0.2, 0.25) is 0 Å². The molecule has 0 radical (unpaired) electrons. The fourth-order valence-electron chi connectivity index (χ4n) is 2.35. The molecule has 1 aliphatic rings. The Morgan fingerprint density at radius 1 is 1.21 bits per heavy atom. The quantitative estimate of drug-likeness (QED) is 0.423. The van der Waals surface area contributed by atoms with E-state index < -0.39 is 43.4 Å². The molecule has 11 nitrogen and oxygen atoms in total. The molecule has 1 fully saturated rings. The molecule has 24 heavy (non-hydrogen) atoms. The largest absolute Gasteiger partial charge is 0.336 e. The molecule has 0 aromatic heterocycles. The van der Waals surface area contributed by atoms with E-state index in [2.05, 4.69) is 0 Å². The zero-order valence-corrected chi connectivity index (χ0v) is 13.3. The molecule has 130 valence electrons. The van der Waals surface area contributed by atoms with Gasteiger partial charge < -0.3 is 4.90 Å². The normalized spacial score (nSPS) is 17.7. The zero-order chi connectivity index (χ0) is 18.1. The number of likely N-dealkylation sites (tertiary alicyclic amines) is 1. The van der Waals surface area contributed by atoms with Gasteiger partial charge in [-0.2, -0.15) is 8.42 Å². The number of hydrogen-bond acceptors (Lipinski definition) is 8. The average molecular weight is 359 g/mol. The maximum absolute atomic E-state index is 12.4. The van der Waals surface area contributed by atoms with Crippen molar-refractivity contribution in [3.05, 3.63) is 44.0 Å². The molecule has 0 aliphatic carbocycles. The van der Waals surface area contributed by atoms with E-state index in [1.54, 1.807) is 0 Å². The highest BCUT2D eigenvalue weighted by Crippen LogP contribution is 2.25. The molecule has 1 aromatic rings. The summed E-state index contributed by atoms with van der Waals surface area (Å²) in [6.45, 7) is 0.151. The number of amides is 1. The Morgan fingerprint density at radius 2 is 1.75 bits per heavy atom. The Morgan fingerprint density at radius 3 is 2.21 bits per heavy atom. The van der Waals surface area contributed by atoms with Crippen molar-refractivity contribution in [1.82, 2.24) is 4.90 Å². The number of non-ortho nitro benzene ring substituents is 2. The van der Waals surface area contributed by atoms with Crippen LogP contribution in [0.4, 0.5) is 11.4 Å². The van der Waals surface area contributed by atoms with Gasteiger partial charge in [0, 0.05) is 25.2 Å². The van der Waals surface area contributed by atoms with Crippen LogP contribution in [0.3, 0.4) is 0 Å². The molecule has 1 aromatic carbocycles. The van der Waals surface area contributed by atoms with Crippen molar-refractivity contribution in [2.45, 2.75) is 12.5 Å². The lowest BCUT2D eigenvalue weighted by Gasteiger charge is -2.16. The zero-order valence-electron chi connectivity index (χ0n) is 12.4. The number of carbonyl (C=O) groups excluding carboxylic acids is 1. The van der Waals surface area contributed by atoms with E-state index in [9.17, 15) is 33.4 Å². The highest BCUT2D eigenvalue weighted by molar-refractivity contribution is 7.86. The minimum atomic E-state index is -3.67. The molecule has 1 aliphatic heterocycles. The van der Waals surface area contributed by atoms with Crippen LogP contribution in [0.15, 0.2) is 18.2 Å². The van der Waals surface area contributed by atoms with E-state index in [-0.39, 0.29) is 25.1 Å². The van der Waals surface area contributed by atoms with E-state index in [1.165, 1.54) is 4.90 Å². The second-order valence-electron chi connectivity index (χ2n) is 5.21. The van der Waals surface area contributed by atoms with Gasteiger partial charge in [0.25, 0.3) is 27.4 Å². The first kappa shape index (κ1) is 17.7. The molecule has 12 heteroatoms. The number of hydrogen-bond donors (Lipinski definition) is 0. The molecule has 1 unspecified atom stereocenters. The summed E-state index contributed by atoms with van der Waals surface area (Å²) < 4.78 is 27.0. The van der Waals surface area contributed by atoms with E-state index in [4.69, 9.17) is 4.18 Å². The first-order chi connectivity index (χ1) is 11.1. The van der Waals surface area contributed by atoms with Crippen LogP contribution >= 0.6 is 0 Å². The van der Waals surface area contributed by atoms with Gasteiger partial charge in [0.1, 0.15) is 0 Å².